The Hall–Kier alpha value is -2.93. The Morgan fingerprint density at radius 1 is 1.11 bits per heavy atom. The second kappa shape index (κ2) is 11.4. The molecule has 2 aromatic carbocycles. The Bertz CT molecular complexity index is 1360. The number of thiazole rings is 1. The van der Waals surface area contributed by atoms with Gasteiger partial charge in [0.05, 0.1) is 11.3 Å². The highest BCUT2D eigenvalue weighted by atomic mass is 35.5. The number of aliphatic hydroxyl groups excluding tert-OH is 1. The van der Waals surface area contributed by atoms with Crippen molar-refractivity contribution in [3.05, 3.63) is 86.3 Å². The molecule has 0 saturated heterocycles. The quantitative estimate of drug-likeness (QED) is 0.330. The summed E-state index contributed by atoms with van der Waals surface area (Å²) in [6, 6.07) is 14.0. The minimum atomic E-state index is -0.972. The van der Waals surface area contributed by atoms with Crippen LogP contribution >= 0.6 is 22.9 Å². The van der Waals surface area contributed by atoms with E-state index in [1.165, 1.54) is 11.3 Å². The predicted octanol–water partition coefficient (Wildman–Crippen LogP) is 7.14. The Kier molecular flexibility index (Phi) is 8.03. The van der Waals surface area contributed by atoms with Crippen molar-refractivity contribution in [1.29, 1.82) is 0 Å². The lowest BCUT2D eigenvalue weighted by molar-refractivity contribution is -0.117. The van der Waals surface area contributed by atoms with E-state index in [1.807, 2.05) is 47.5 Å². The van der Waals surface area contributed by atoms with Gasteiger partial charge in [0.2, 0.25) is 0 Å². The van der Waals surface area contributed by atoms with E-state index in [4.69, 9.17) is 16.6 Å². The van der Waals surface area contributed by atoms with Gasteiger partial charge in [0.1, 0.15) is 5.01 Å². The molecule has 1 aromatic heterocycles. The maximum atomic E-state index is 13.6. The zero-order valence-electron chi connectivity index (χ0n) is 22.1. The highest BCUT2D eigenvalue weighted by molar-refractivity contribution is 7.11. The summed E-state index contributed by atoms with van der Waals surface area (Å²) in [5.41, 5.74) is 6.98. The van der Waals surface area contributed by atoms with Crippen LogP contribution in [0.3, 0.4) is 0 Å². The highest BCUT2D eigenvalue weighted by Crippen LogP contribution is 2.40. The predicted molar refractivity (Wildman–Crippen MR) is 157 cm³/mol. The summed E-state index contributed by atoms with van der Waals surface area (Å²) >= 11 is 7.55. The molecule has 5 rings (SSSR count). The molecule has 1 atom stereocenters. The first-order valence-electron chi connectivity index (χ1n) is 13.4. The fourth-order valence-electron chi connectivity index (χ4n) is 5.50. The summed E-state index contributed by atoms with van der Waals surface area (Å²) in [5, 5.41) is 18.5. The van der Waals surface area contributed by atoms with Gasteiger partial charge in [0, 0.05) is 39.0 Å². The van der Waals surface area contributed by atoms with Gasteiger partial charge in [-0.1, -0.05) is 68.6 Å². The number of anilines is 1. The number of hydrogen-bond donors (Lipinski definition) is 2. The van der Waals surface area contributed by atoms with Gasteiger partial charge in [-0.3, -0.25) is 4.79 Å². The molecule has 1 aliphatic heterocycles. The minimum absolute atomic E-state index is 0.0923. The fraction of sp³-hybridized carbons (Fsp3) is 0.355. The number of aromatic nitrogens is 1. The molecule has 5 nitrogen and oxygen atoms in total. The van der Waals surface area contributed by atoms with E-state index in [0.29, 0.717) is 21.2 Å². The number of nitrogens with zero attached hydrogens (tertiary/aromatic N) is 2. The molecule has 1 fully saturated rings. The summed E-state index contributed by atoms with van der Waals surface area (Å²) in [6.07, 6.45) is 6.82. The van der Waals surface area contributed by atoms with Crippen LogP contribution in [0.25, 0.3) is 16.8 Å². The number of amides is 1. The van der Waals surface area contributed by atoms with Gasteiger partial charge in [0.15, 0.2) is 6.23 Å². The molecular weight excluding hydrogens is 514 g/mol. The van der Waals surface area contributed by atoms with Gasteiger partial charge in [-0.05, 0) is 61.9 Å². The summed E-state index contributed by atoms with van der Waals surface area (Å²) in [5.74, 6) is -0.0923. The number of carbonyl (C=O) groups excluding carboxylic acids is 1. The van der Waals surface area contributed by atoms with Crippen molar-refractivity contribution in [3.8, 4) is 11.3 Å². The Balaban J connectivity index is 1.61. The lowest BCUT2D eigenvalue weighted by Crippen LogP contribution is -2.42. The number of aryl methyl sites for hydroxylation is 2. The first-order valence-corrected chi connectivity index (χ1v) is 14.7. The van der Waals surface area contributed by atoms with Gasteiger partial charge in [-0.15, -0.1) is 11.3 Å². The molecule has 1 aliphatic carbocycles. The van der Waals surface area contributed by atoms with E-state index in [0.717, 1.165) is 72.3 Å². The molecule has 0 radical (unpaired) electrons. The first-order chi connectivity index (χ1) is 18.4. The lowest BCUT2D eigenvalue weighted by Gasteiger charge is -2.38. The number of nitrogens with one attached hydrogen (secondary N) is 1. The molecule has 7 heteroatoms. The van der Waals surface area contributed by atoms with Crippen LogP contribution in [0.2, 0.25) is 5.02 Å². The van der Waals surface area contributed by atoms with Crippen LogP contribution in [0.1, 0.15) is 62.6 Å². The fourth-order valence-corrected chi connectivity index (χ4v) is 6.49. The van der Waals surface area contributed by atoms with Crippen LogP contribution in [0.5, 0.6) is 0 Å². The van der Waals surface area contributed by atoms with Crippen molar-refractivity contribution in [1.82, 2.24) is 10.3 Å². The maximum Gasteiger partial charge on any atom is 0.253 e. The van der Waals surface area contributed by atoms with E-state index in [-0.39, 0.29) is 11.9 Å². The van der Waals surface area contributed by atoms with E-state index < -0.39 is 6.23 Å². The molecule has 38 heavy (non-hydrogen) atoms. The second-order valence-corrected chi connectivity index (χ2v) is 11.3. The third-order valence-electron chi connectivity index (χ3n) is 7.61. The molecule has 1 unspecified atom stereocenters. The smallest absolute Gasteiger partial charge is 0.253 e. The monoisotopic (exact) mass is 547 g/mol. The van der Waals surface area contributed by atoms with Gasteiger partial charge >= 0.3 is 0 Å². The Labute approximate surface area is 233 Å². The van der Waals surface area contributed by atoms with E-state index in [2.05, 4.69) is 37.4 Å². The molecule has 2 N–H and O–H groups in total. The number of aliphatic hydroxyl groups is 1. The molecule has 0 spiro atoms. The van der Waals surface area contributed by atoms with Gasteiger partial charge in [0.25, 0.3) is 5.91 Å². The third kappa shape index (κ3) is 5.18. The van der Waals surface area contributed by atoms with Crippen LogP contribution in [0, 0.1) is 0 Å². The number of para-hydroxylation sites is 1. The molecule has 3 aromatic rings. The largest absolute Gasteiger partial charge is 0.369 e. The summed E-state index contributed by atoms with van der Waals surface area (Å²) in [6.45, 7) is 6.18. The normalized spacial score (nSPS) is 18.2. The van der Waals surface area contributed by atoms with Crippen molar-refractivity contribution in [2.45, 2.75) is 71.6 Å². The number of hydrogen-bond acceptors (Lipinski definition) is 5. The maximum absolute atomic E-state index is 13.6. The van der Waals surface area contributed by atoms with Crippen molar-refractivity contribution in [2.24, 2.45) is 0 Å². The minimum Gasteiger partial charge on any atom is -0.369 e. The number of carbonyl (C=O) groups is 1. The third-order valence-corrected chi connectivity index (χ3v) is 8.75. The van der Waals surface area contributed by atoms with Crippen molar-refractivity contribution >= 4 is 40.1 Å². The van der Waals surface area contributed by atoms with Crippen LogP contribution < -0.4 is 10.2 Å². The molecule has 0 bridgehead atoms. The van der Waals surface area contributed by atoms with Crippen molar-refractivity contribution in [2.75, 3.05) is 4.90 Å². The van der Waals surface area contributed by atoms with Crippen molar-refractivity contribution in [3.63, 3.8) is 0 Å². The molecule has 2 aliphatic rings. The van der Waals surface area contributed by atoms with Gasteiger partial charge in [-0.25, -0.2) is 4.98 Å². The summed E-state index contributed by atoms with van der Waals surface area (Å²) < 4.78 is 0. The van der Waals surface area contributed by atoms with Gasteiger partial charge < -0.3 is 15.3 Å². The lowest BCUT2D eigenvalue weighted by atomic mass is 9.95. The standard InChI is InChI=1S/C31H34ClN3O2S/c1-4-20-9-8-10-21(5-2)28(20)35-19(3)25(29(36)33-24-11-6-7-12-24)17-26(31(35)37)30-34-27(18-38-30)22-13-15-23(32)16-14-22/h8-10,13-18,24,31,37H,4-7,11-12H2,1-3H3,(H,33,36). The van der Waals surface area contributed by atoms with Crippen LogP contribution in [0.4, 0.5) is 5.69 Å². The van der Waals surface area contributed by atoms with Crippen LogP contribution in [0.15, 0.2) is 65.2 Å². The Morgan fingerprint density at radius 3 is 2.39 bits per heavy atom. The number of rotatable bonds is 7. The average molecular weight is 548 g/mol. The molecule has 1 saturated carbocycles. The van der Waals surface area contributed by atoms with Gasteiger partial charge in [-0.2, -0.15) is 0 Å². The SMILES string of the molecule is CCc1cccc(CC)c1N1C(C)=C(C(=O)NC2CCCC2)C=C(c2nc(-c3ccc(Cl)cc3)cs2)C1O. The molecule has 1 amide bonds. The van der Waals surface area contributed by atoms with E-state index >= 15 is 0 Å². The number of benzene rings is 2. The number of halogens is 1. The molecule has 2 heterocycles. The molecule has 198 valence electrons. The molecular formula is C31H34ClN3O2S. The van der Waals surface area contributed by atoms with Crippen LogP contribution in [-0.2, 0) is 17.6 Å². The van der Waals surface area contributed by atoms with Crippen molar-refractivity contribution < 1.29 is 9.90 Å². The van der Waals surface area contributed by atoms with E-state index in [9.17, 15) is 9.90 Å². The van der Waals surface area contributed by atoms with E-state index in [1.54, 1.807) is 0 Å². The topological polar surface area (TPSA) is 65.5 Å². The summed E-state index contributed by atoms with van der Waals surface area (Å²) in [4.78, 5) is 20.5. The van der Waals surface area contributed by atoms with Crippen LogP contribution in [-0.4, -0.2) is 28.3 Å². The number of allylic oxidation sites excluding steroid dienone is 1. The average Bonchev–Trinajstić information content (AvgIpc) is 3.62. The second-order valence-electron chi connectivity index (χ2n) is 9.97. The first kappa shape index (κ1) is 26.7. The zero-order chi connectivity index (χ0) is 26.8. The summed E-state index contributed by atoms with van der Waals surface area (Å²) in [7, 11) is 0. The highest BCUT2D eigenvalue weighted by Gasteiger charge is 2.35. The Morgan fingerprint density at radius 2 is 1.76 bits per heavy atom. The zero-order valence-corrected chi connectivity index (χ0v) is 23.7.